The quantitative estimate of drug-likeness (QED) is 0.833. The number of hydrogen-bond acceptors (Lipinski definition) is 4. The second-order valence-electron chi connectivity index (χ2n) is 4.36. The third kappa shape index (κ3) is 3.60. The van der Waals surface area contributed by atoms with Gasteiger partial charge in [0.1, 0.15) is 0 Å². The van der Waals surface area contributed by atoms with Crippen molar-refractivity contribution in [3.8, 4) is 5.69 Å². The smallest absolute Gasteiger partial charge is 0.257 e. The Balaban J connectivity index is 2.23. The van der Waals surface area contributed by atoms with Gasteiger partial charge in [0, 0.05) is 19.3 Å². The summed E-state index contributed by atoms with van der Waals surface area (Å²) in [5.41, 5.74) is 1.05. The molecule has 1 amide bonds. The number of carbonyl (C=O) groups excluding carboxylic acids is 1. The van der Waals surface area contributed by atoms with E-state index in [4.69, 9.17) is 21.8 Å². The molecular formula is C14H16ClN3O3. The van der Waals surface area contributed by atoms with E-state index in [0.29, 0.717) is 16.3 Å². The first-order valence-corrected chi connectivity index (χ1v) is 6.85. The molecule has 0 atom stereocenters. The van der Waals surface area contributed by atoms with Crippen LogP contribution in [0.4, 0.5) is 0 Å². The summed E-state index contributed by atoms with van der Waals surface area (Å²) in [6.07, 6.45) is 3.01. The van der Waals surface area contributed by atoms with Gasteiger partial charge in [0.05, 0.1) is 35.7 Å². The number of hydrogen-bond donors (Lipinski definition) is 2. The fourth-order valence-electron chi connectivity index (χ4n) is 1.94. The molecule has 2 rings (SSSR count). The van der Waals surface area contributed by atoms with Crippen LogP contribution < -0.4 is 0 Å². The number of carbonyl (C=O) groups is 1. The number of amides is 1. The molecule has 0 aliphatic rings. The van der Waals surface area contributed by atoms with E-state index in [2.05, 4.69) is 5.10 Å². The maximum Gasteiger partial charge on any atom is 0.257 e. The van der Waals surface area contributed by atoms with Crippen molar-refractivity contribution >= 4 is 17.5 Å². The molecule has 1 aromatic carbocycles. The molecule has 7 heteroatoms. The lowest BCUT2D eigenvalue weighted by atomic mass is 10.3. The summed E-state index contributed by atoms with van der Waals surface area (Å²) in [6, 6.07) is 7.17. The molecule has 21 heavy (non-hydrogen) atoms. The van der Waals surface area contributed by atoms with Gasteiger partial charge in [-0.1, -0.05) is 23.7 Å². The van der Waals surface area contributed by atoms with E-state index >= 15 is 0 Å². The van der Waals surface area contributed by atoms with Crippen LogP contribution in [0.25, 0.3) is 5.69 Å². The molecule has 0 radical (unpaired) electrons. The molecule has 0 aliphatic carbocycles. The summed E-state index contributed by atoms with van der Waals surface area (Å²) < 4.78 is 1.52. The number of aliphatic hydroxyl groups excluding tert-OH is 2. The minimum atomic E-state index is -0.295. The number of aliphatic hydroxyl groups is 2. The first-order chi connectivity index (χ1) is 10.2. The molecule has 0 saturated heterocycles. The predicted molar refractivity (Wildman–Crippen MR) is 78.6 cm³/mol. The fraction of sp³-hybridized carbons (Fsp3) is 0.286. The number of aromatic nitrogens is 2. The minimum absolute atomic E-state index is 0.162. The Morgan fingerprint density at radius 1 is 1.24 bits per heavy atom. The summed E-state index contributed by atoms with van der Waals surface area (Å²) >= 11 is 6.09. The zero-order valence-corrected chi connectivity index (χ0v) is 12.1. The summed E-state index contributed by atoms with van der Waals surface area (Å²) in [5.74, 6) is -0.295. The largest absolute Gasteiger partial charge is 0.395 e. The number of halogens is 1. The maximum absolute atomic E-state index is 12.3. The van der Waals surface area contributed by atoms with Gasteiger partial charge in [0.25, 0.3) is 5.91 Å². The van der Waals surface area contributed by atoms with Crippen LogP contribution in [0.5, 0.6) is 0 Å². The average molecular weight is 310 g/mol. The van der Waals surface area contributed by atoms with Crippen LogP contribution in [0.2, 0.25) is 5.02 Å². The SMILES string of the molecule is O=C(c1cnn(-c2ccccc2Cl)c1)N(CCO)CCO. The predicted octanol–water partition coefficient (Wildman–Crippen LogP) is 0.952. The van der Waals surface area contributed by atoms with Crippen LogP contribution in [-0.4, -0.2) is 57.1 Å². The molecule has 0 bridgehead atoms. The van der Waals surface area contributed by atoms with Crippen molar-refractivity contribution in [2.75, 3.05) is 26.3 Å². The normalized spacial score (nSPS) is 10.6. The van der Waals surface area contributed by atoms with E-state index in [1.165, 1.54) is 15.8 Å². The van der Waals surface area contributed by atoms with Gasteiger partial charge in [-0.25, -0.2) is 4.68 Å². The van der Waals surface area contributed by atoms with E-state index in [9.17, 15) is 4.79 Å². The number of benzene rings is 1. The second kappa shape index (κ2) is 7.21. The summed E-state index contributed by atoms with van der Waals surface area (Å²) in [4.78, 5) is 13.6. The Hall–Kier alpha value is -1.89. The molecule has 1 aromatic heterocycles. The Morgan fingerprint density at radius 3 is 2.52 bits per heavy atom. The third-order valence-electron chi connectivity index (χ3n) is 2.96. The van der Waals surface area contributed by atoms with Crippen LogP contribution in [0, 0.1) is 0 Å². The standard InChI is InChI=1S/C14H16ClN3O3/c15-12-3-1-2-4-13(12)18-10-11(9-16-18)14(21)17(5-7-19)6-8-20/h1-4,9-10,19-20H,5-8H2. The molecule has 2 N–H and O–H groups in total. The van der Waals surface area contributed by atoms with Crippen molar-refractivity contribution in [1.29, 1.82) is 0 Å². The van der Waals surface area contributed by atoms with E-state index in [1.807, 2.05) is 12.1 Å². The lowest BCUT2D eigenvalue weighted by molar-refractivity contribution is 0.0685. The van der Waals surface area contributed by atoms with Crippen LogP contribution in [0.3, 0.4) is 0 Å². The Morgan fingerprint density at radius 2 is 1.90 bits per heavy atom. The van der Waals surface area contributed by atoms with E-state index in [0.717, 1.165) is 0 Å². The van der Waals surface area contributed by atoms with Crippen LogP contribution in [0.1, 0.15) is 10.4 Å². The molecular weight excluding hydrogens is 294 g/mol. The molecule has 2 aromatic rings. The zero-order chi connectivity index (χ0) is 15.2. The van der Waals surface area contributed by atoms with Gasteiger partial charge in [-0.2, -0.15) is 5.10 Å². The van der Waals surface area contributed by atoms with E-state index < -0.39 is 0 Å². The fourth-order valence-corrected chi connectivity index (χ4v) is 2.16. The molecule has 6 nitrogen and oxygen atoms in total. The topological polar surface area (TPSA) is 78.6 Å². The molecule has 0 spiro atoms. The summed E-state index contributed by atoms with van der Waals surface area (Å²) in [6.45, 7) is 0.00210. The maximum atomic E-state index is 12.3. The minimum Gasteiger partial charge on any atom is -0.395 e. The van der Waals surface area contributed by atoms with Crippen molar-refractivity contribution in [3.63, 3.8) is 0 Å². The molecule has 112 valence electrons. The van der Waals surface area contributed by atoms with E-state index in [1.54, 1.807) is 18.3 Å². The van der Waals surface area contributed by atoms with Crippen molar-refractivity contribution in [2.45, 2.75) is 0 Å². The van der Waals surface area contributed by atoms with Gasteiger partial charge < -0.3 is 15.1 Å². The number of para-hydroxylation sites is 1. The summed E-state index contributed by atoms with van der Waals surface area (Å²) in [5, 5.41) is 22.6. The van der Waals surface area contributed by atoms with E-state index in [-0.39, 0.29) is 32.2 Å². The Kier molecular flexibility index (Phi) is 5.32. The summed E-state index contributed by atoms with van der Waals surface area (Å²) in [7, 11) is 0. The van der Waals surface area contributed by atoms with Gasteiger partial charge in [0.15, 0.2) is 0 Å². The molecule has 0 aliphatic heterocycles. The highest BCUT2D eigenvalue weighted by Crippen LogP contribution is 2.19. The first kappa shape index (κ1) is 15.5. The van der Waals surface area contributed by atoms with Gasteiger partial charge in [-0.3, -0.25) is 4.79 Å². The van der Waals surface area contributed by atoms with Crippen molar-refractivity contribution in [3.05, 3.63) is 47.2 Å². The van der Waals surface area contributed by atoms with Gasteiger partial charge in [-0.15, -0.1) is 0 Å². The van der Waals surface area contributed by atoms with Crippen molar-refractivity contribution in [1.82, 2.24) is 14.7 Å². The third-order valence-corrected chi connectivity index (χ3v) is 3.28. The van der Waals surface area contributed by atoms with Crippen LogP contribution in [0.15, 0.2) is 36.7 Å². The molecule has 1 heterocycles. The van der Waals surface area contributed by atoms with Crippen LogP contribution >= 0.6 is 11.6 Å². The van der Waals surface area contributed by atoms with Crippen LogP contribution in [-0.2, 0) is 0 Å². The monoisotopic (exact) mass is 309 g/mol. The van der Waals surface area contributed by atoms with Gasteiger partial charge in [-0.05, 0) is 12.1 Å². The average Bonchev–Trinajstić information content (AvgIpc) is 2.96. The highest BCUT2D eigenvalue weighted by Gasteiger charge is 2.17. The molecule has 0 fully saturated rings. The molecule has 0 unspecified atom stereocenters. The Bertz CT molecular complexity index is 609. The second-order valence-corrected chi connectivity index (χ2v) is 4.77. The number of rotatable bonds is 6. The van der Waals surface area contributed by atoms with Crippen molar-refractivity contribution in [2.24, 2.45) is 0 Å². The van der Waals surface area contributed by atoms with Crippen molar-refractivity contribution < 1.29 is 15.0 Å². The Labute approximate surface area is 127 Å². The highest BCUT2D eigenvalue weighted by atomic mass is 35.5. The first-order valence-electron chi connectivity index (χ1n) is 6.48. The zero-order valence-electron chi connectivity index (χ0n) is 11.3. The van der Waals surface area contributed by atoms with Gasteiger partial charge >= 0.3 is 0 Å². The molecule has 0 saturated carbocycles. The highest BCUT2D eigenvalue weighted by molar-refractivity contribution is 6.32. The number of nitrogens with zero attached hydrogens (tertiary/aromatic N) is 3. The lowest BCUT2D eigenvalue weighted by Crippen LogP contribution is -2.35. The lowest BCUT2D eigenvalue weighted by Gasteiger charge is -2.19. The van der Waals surface area contributed by atoms with Gasteiger partial charge in [0.2, 0.25) is 0 Å².